The molecule has 0 radical (unpaired) electrons. The molecule has 0 spiro atoms. The number of halogens is 2. The van der Waals surface area contributed by atoms with E-state index in [-0.39, 0.29) is 16.9 Å². The molecule has 8 heteroatoms. The van der Waals surface area contributed by atoms with Crippen LogP contribution in [0.2, 0.25) is 10.4 Å². The minimum atomic E-state index is -1.03. The maximum Gasteiger partial charge on any atom is 0.308 e. The van der Waals surface area contributed by atoms with Crippen molar-refractivity contribution in [3.63, 3.8) is 0 Å². The van der Waals surface area contributed by atoms with Gasteiger partial charge in [-0.25, -0.2) is 9.97 Å². The van der Waals surface area contributed by atoms with E-state index in [1.807, 2.05) is 24.3 Å². The van der Waals surface area contributed by atoms with E-state index in [9.17, 15) is 4.79 Å². The molecule has 0 aliphatic heterocycles. The summed E-state index contributed by atoms with van der Waals surface area (Å²) in [5, 5.41) is 12.0. The van der Waals surface area contributed by atoms with Crippen LogP contribution in [-0.2, 0) is 17.8 Å². The quantitative estimate of drug-likeness (QED) is 0.620. The topological polar surface area (TPSA) is 84.3 Å². The number of nitrogens with zero attached hydrogens (tertiary/aromatic N) is 2. The van der Waals surface area contributed by atoms with Crippen molar-refractivity contribution >= 4 is 35.0 Å². The lowest BCUT2D eigenvalue weighted by atomic mass is 10.2. The fourth-order valence-corrected chi connectivity index (χ4v) is 2.26. The van der Waals surface area contributed by atoms with E-state index in [1.54, 1.807) is 7.11 Å². The van der Waals surface area contributed by atoms with Gasteiger partial charge in [-0.15, -0.1) is 0 Å². The van der Waals surface area contributed by atoms with E-state index < -0.39 is 5.97 Å². The average molecular weight is 342 g/mol. The number of methoxy groups -OCH3 is 1. The van der Waals surface area contributed by atoms with E-state index in [0.29, 0.717) is 17.9 Å². The number of aliphatic carboxylic acids is 1. The van der Waals surface area contributed by atoms with Gasteiger partial charge in [-0.2, -0.15) is 0 Å². The molecule has 0 aliphatic rings. The average Bonchev–Trinajstić information content (AvgIpc) is 2.48. The van der Waals surface area contributed by atoms with Crippen LogP contribution in [-0.4, -0.2) is 28.2 Å². The van der Waals surface area contributed by atoms with Crippen molar-refractivity contribution in [2.45, 2.75) is 13.0 Å². The third kappa shape index (κ3) is 4.22. The van der Waals surface area contributed by atoms with Gasteiger partial charge in [0.25, 0.3) is 0 Å². The van der Waals surface area contributed by atoms with Gasteiger partial charge in [-0.1, -0.05) is 23.7 Å². The van der Waals surface area contributed by atoms with Crippen molar-refractivity contribution in [3.8, 4) is 5.75 Å². The first kappa shape index (κ1) is 16.3. The fourth-order valence-electron chi connectivity index (χ4n) is 1.81. The van der Waals surface area contributed by atoms with E-state index >= 15 is 0 Å². The molecular weight excluding hydrogens is 329 g/mol. The molecule has 0 amide bonds. The first-order valence-electron chi connectivity index (χ1n) is 6.30. The van der Waals surface area contributed by atoms with Gasteiger partial charge in [0.2, 0.25) is 5.28 Å². The van der Waals surface area contributed by atoms with Gasteiger partial charge in [-0.05, 0) is 29.3 Å². The Kier molecular flexibility index (Phi) is 5.41. The molecule has 1 heterocycles. The zero-order valence-electron chi connectivity index (χ0n) is 11.6. The Labute approximate surface area is 137 Å². The van der Waals surface area contributed by atoms with E-state index in [0.717, 1.165) is 11.3 Å². The Morgan fingerprint density at radius 3 is 2.55 bits per heavy atom. The SMILES string of the molecule is COc1ccc(CNc2nc(Cl)nc(Cl)c2CC(=O)O)cc1. The lowest BCUT2D eigenvalue weighted by molar-refractivity contribution is -0.136. The highest BCUT2D eigenvalue weighted by molar-refractivity contribution is 6.32. The number of carboxylic acids is 1. The van der Waals surface area contributed by atoms with E-state index in [4.69, 9.17) is 33.0 Å². The number of rotatable bonds is 6. The highest BCUT2D eigenvalue weighted by Crippen LogP contribution is 2.24. The van der Waals surface area contributed by atoms with Crippen molar-refractivity contribution in [1.29, 1.82) is 0 Å². The number of carbonyl (C=O) groups is 1. The monoisotopic (exact) mass is 341 g/mol. The summed E-state index contributed by atoms with van der Waals surface area (Å²) in [6.45, 7) is 0.431. The standard InChI is InChI=1S/C14H13Cl2N3O3/c1-22-9-4-2-8(3-5-9)7-17-13-10(6-11(20)21)12(15)18-14(16)19-13/h2-5H,6-7H2,1H3,(H,20,21)(H,17,18,19). The van der Waals surface area contributed by atoms with E-state index in [1.165, 1.54) is 0 Å². The highest BCUT2D eigenvalue weighted by Gasteiger charge is 2.15. The molecule has 0 saturated carbocycles. The lowest BCUT2D eigenvalue weighted by Gasteiger charge is -2.11. The number of aromatic nitrogens is 2. The van der Waals surface area contributed by atoms with Gasteiger partial charge in [-0.3, -0.25) is 4.79 Å². The molecule has 2 rings (SSSR count). The maximum absolute atomic E-state index is 10.9. The largest absolute Gasteiger partial charge is 0.497 e. The minimum Gasteiger partial charge on any atom is -0.497 e. The second kappa shape index (κ2) is 7.29. The molecule has 2 N–H and O–H groups in total. The van der Waals surface area contributed by atoms with Crippen LogP contribution in [0.25, 0.3) is 0 Å². The number of ether oxygens (including phenoxy) is 1. The Hall–Kier alpha value is -2.05. The van der Waals surface area contributed by atoms with Crippen molar-refractivity contribution in [2.75, 3.05) is 12.4 Å². The van der Waals surface area contributed by atoms with Crippen molar-refractivity contribution < 1.29 is 14.6 Å². The molecule has 1 aromatic carbocycles. The molecule has 0 bridgehead atoms. The molecule has 0 fully saturated rings. The molecule has 0 saturated heterocycles. The van der Waals surface area contributed by atoms with Gasteiger partial charge in [0.05, 0.1) is 13.5 Å². The van der Waals surface area contributed by atoms with E-state index in [2.05, 4.69) is 15.3 Å². The first-order valence-corrected chi connectivity index (χ1v) is 7.05. The third-order valence-corrected chi connectivity index (χ3v) is 3.36. The minimum absolute atomic E-state index is 0.0274. The Bertz CT molecular complexity index is 678. The van der Waals surface area contributed by atoms with Gasteiger partial charge in [0, 0.05) is 12.1 Å². The summed E-state index contributed by atoms with van der Waals surface area (Å²) in [6.07, 6.45) is -0.291. The number of carboxylic acid groups (broad SMARTS) is 1. The summed E-state index contributed by atoms with van der Waals surface area (Å²) in [5.74, 6) is 0.0342. The zero-order valence-corrected chi connectivity index (χ0v) is 13.1. The highest BCUT2D eigenvalue weighted by atomic mass is 35.5. The van der Waals surface area contributed by atoms with Crippen molar-refractivity contribution in [3.05, 3.63) is 45.8 Å². The van der Waals surface area contributed by atoms with Gasteiger partial charge >= 0.3 is 5.97 Å². The summed E-state index contributed by atoms with van der Waals surface area (Å²) in [6, 6.07) is 7.42. The first-order chi connectivity index (χ1) is 10.5. The van der Waals surface area contributed by atoms with Crippen LogP contribution in [0.15, 0.2) is 24.3 Å². The van der Waals surface area contributed by atoms with Gasteiger partial charge < -0.3 is 15.2 Å². The van der Waals surface area contributed by atoms with Gasteiger partial charge in [0.15, 0.2) is 0 Å². The summed E-state index contributed by atoms with van der Waals surface area (Å²) in [4.78, 5) is 18.7. The van der Waals surface area contributed by atoms with Crippen LogP contribution in [0.5, 0.6) is 5.75 Å². The molecule has 2 aromatic rings. The maximum atomic E-state index is 10.9. The van der Waals surface area contributed by atoms with Crippen LogP contribution >= 0.6 is 23.2 Å². The predicted octanol–water partition coefficient (Wildman–Crippen LogP) is 3.03. The number of hydrogen-bond donors (Lipinski definition) is 2. The summed E-state index contributed by atoms with van der Waals surface area (Å²) >= 11 is 11.7. The Morgan fingerprint density at radius 1 is 1.27 bits per heavy atom. The Morgan fingerprint density at radius 2 is 1.95 bits per heavy atom. The molecule has 1 aromatic heterocycles. The van der Waals surface area contributed by atoms with Crippen molar-refractivity contribution in [2.24, 2.45) is 0 Å². The molecule has 116 valence electrons. The molecule has 6 nitrogen and oxygen atoms in total. The second-order valence-corrected chi connectivity index (χ2v) is 5.08. The zero-order chi connectivity index (χ0) is 16.1. The third-order valence-electron chi connectivity index (χ3n) is 2.88. The fraction of sp³-hybridized carbons (Fsp3) is 0.214. The van der Waals surface area contributed by atoms with Crippen LogP contribution in [0, 0.1) is 0 Å². The number of anilines is 1. The van der Waals surface area contributed by atoms with Crippen LogP contribution in [0.3, 0.4) is 0 Å². The van der Waals surface area contributed by atoms with Crippen LogP contribution in [0.4, 0.5) is 5.82 Å². The predicted molar refractivity (Wildman–Crippen MR) is 83.7 cm³/mol. The number of hydrogen-bond acceptors (Lipinski definition) is 5. The van der Waals surface area contributed by atoms with Crippen LogP contribution < -0.4 is 10.1 Å². The normalized spacial score (nSPS) is 10.3. The number of benzene rings is 1. The second-order valence-electron chi connectivity index (χ2n) is 4.38. The molecule has 22 heavy (non-hydrogen) atoms. The summed E-state index contributed by atoms with van der Waals surface area (Å²) < 4.78 is 5.09. The molecule has 0 atom stereocenters. The number of nitrogens with one attached hydrogen (secondary N) is 1. The summed E-state index contributed by atoms with van der Waals surface area (Å²) in [7, 11) is 1.59. The molecular formula is C14H13Cl2N3O3. The molecule has 0 unspecified atom stereocenters. The Balaban J connectivity index is 2.18. The smallest absolute Gasteiger partial charge is 0.308 e. The van der Waals surface area contributed by atoms with Crippen LogP contribution in [0.1, 0.15) is 11.1 Å². The van der Waals surface area contributed by atoms with Crippen molar-refractivity contribution in [1.82, 2.24) is 9.97 Å². The molecule has 0 aliphatic carbocycles. The lowest BCUT2D eigenvalue weighted by Crippen LogP contribution is -2.10. The van der Waals surface area contributed by atoms with Gasteiger partial charge in [0.1, 0.15) is 16.7 Å². The summed E-state index contributed by atoms with van der Waals surface area (Å²) in [5.41, 5.74) is 1.26.